The van der Waals surface area contributed by atoms with E-state index in [9.17, 15) is 13.6 Å². The van der Waals surface area contributed by atoms with Crippen molar-refractivity contribution in [2.24, 2.45) is 5.84 Å². The lowest BCUT2D eigenvalue weighted by molar-refractivity contribution is 0.0527. The zero-order valence-corrected chi connectivity index (χ0v) is 11.0. The molecule has 0 aliphatic heterocycles. The first-order chi connectivity index (χ1) is 9.51. The van der Waals surface area contributed by atoms with Gasteiger partial charge in [0.05, 0.1) is 17.7 Å². The largest absolute Gasteiger partial charge is 0.462 e. The Hall–Kier alpha value is -2.28. The molecule has 1 heterocycles. The molecule has 0 unspecified atom stereocenters. The van der Waals surface area contributed by atoms with Crippen molar-refractivity contribution in [1.82, 2.24) is 4.98 Å². The van der Waals surface area contributed by atoms with Gasteiger partial charge in [-0.3, -0.25) is 10.8 Å². The van der Waals surface area contributed by atoms with E-state index in [1.807, 2.05) is 0 Å². The van der Waals surface area contributed by atoms with Gasteiger partial charge in [-0.15, -0.1) is 0 Å². The number of hydrogen-bond acceptors (Lipinski definition) is 5. The molecule has 1 aromatic heterocycles. The van der Waals surface area contributed by atoms with Crippen LogP contribution < -0.4 is 11.3 Å². The van der Waals surface area contributed by atoms with Crippen molar-refractivity contribution in [2.45, 2.75) is 13.8 Å². The predicted molar refractivity (Wildman–Crippen MR) is 70.2 cm³/mol. The minimum Gasteiger partial charge on any atom is -0.462 e. The second-order valence-electron chi connectivity index (χ2n) is 4.12. The second-order valence-corrected chi connectivity index (χ2v) is 4.12. The smallest absolute Gasteiger partial charge is 0.341 e. The number of aryl methyl sites for hydroxylation is 1. The highest BCUT2D eigenvalue weighted by Crippen LogP contribution is 2.31. The van der Waals surface area contributed by atoms with Gasteiger partial charge >= 0.3 is 5.97 Å². The number of benzene rings is 1. The molecule has 0 aliphatic carbocycles. The Balaban J connectivity index is 2.82. The fourth-order valence-electron chi connectivity index (χ4n) is 1.94. The van der Waals surface area contributed by atoms with Crippen LogP contribution in [0.25, 0.3) is 10.9 Å². The van der Waals surface area contributed by atoms with E-state index >= 15 is 0 Å². The number of pyridine rings is 1. The number of nitrogens with two attached hydrogens (primary N) is 1. The van der Waals surface area contributed by atoms with Crippen molar-refractivity contribution in [2.75, 3.05) is 12.0 Å². The summed E-state index contributed by atoms with van der Waals surface area (Å²) < 4.78 is 32.8. The van der Waals surface area contributed by atoms with Crippen LogP contribution >= 0.6 is 0 Å². The predicted octanol–water partition coefficient (Wildman–Crippen LogP) is 2.28. The van der Waals surface area contributed by atoms with Gasteiger partial charge in [0.25, 0.3) is 0 Å². The van der Waals surface area contributed by atoms with Crippen molar-refractivity contribution in [3.63, 3.8) is 0 Å². The summed E-state index contributed by atoms with van der Waals surface area (Å²) >= 11 is 0. The molecule has 0 saturated carbocycles. The van der Waals surface area contributed by atoms with Gasteiger partial charge in [-0.05, 0) is 25.5 Å². The van der Waals surface area contributed by atoms with Gasteiger partial charge in [0, 0.05) is 6.20 Å². The first-order valence-corrected chi connectivity index (χ1v) is 5.92. The molecule has 20 heavy (non-hydrogen) atoms. The Morgan fingerprint density at radius 2 is 2.20 bits per heavy atom. The first-order valence-electron chi connectivity index (χ1n) is 5.92. The van der Waals surface area contributed by atoms with Crippen molar-refractivity contribution in [1.29, 1.82) is 0 Å². The number of carbonyl (C=O) groups excluding carboxylic acids is 1. The topological polar surface area (TPSA) is 77.2 Å². The third-order valence-electron chi connectivity index (χ3n) is 2.85. The quantitative estimate of drug-likeness (QED) is 0.513. The van der Waals surface area contributed by atoms with Crippen LogP contribution in [0.2, 0.25) is 0 Å². The maximum absolute atomic E-state index is 14.2. The standard InChI is InChI=1S/C13H13F2N3O2/c1-3-20-13(19)7-5-17-12-8(14)4-6(2)10(15)9(12)11(7)18-16/h4-5H,3,16H2,1-2H3,(H,17,18). The monoisotopic (exact) mass is 281 g/mol. The molecule has 7 heteroatoms. The van der Waals surface area contributed by atoms with Gasteiger partial charge in [-0.1, -0.05) is 0 Å². The molecule has 3 N–H and O–H groups in total. The number of hydrazine groups is 1. The van der Waals surface area contributed by atoms with E-state index in [0.717, 1.165) is 12.3 Å². The number of esters is 1. The van der Waals surface area contributed by atoms with E-state index in [2.05, 4.69) is 10.4 Å². The summed E-state index contributed by atoms with van der Waals surface area (Å²) in [6.07, 6.45) is 1.10. The summed E-state index contributed by atoms with van der Waals surface area (Å²) in [5.41, 5.74) is 2.02. The summed E-state index contributed by atoms with van der Waals surface area (Å²) in [5.74, 6) is 3.26. The SMILES string of the molecule is CCOC(=O)c1cnc2c(F)cc(C)c(F)c2c1NN. The third-order valence-corrected chi connectivity index (χ3v) is 2.85. The van der Waals surface area contributed by atoms with Crippen LogP contribution in [-0.4, -0.2) is 17.6 Å². The lowest BCUT2D eigenvalue weighted by Gasteiger charge is -2.13. The molecule has 0 amide bonds. The fourth-order valence-corrected chi connectivity index (χ4v) is 1.94. The number of carbonyl (C=O) groups is 1. The summed E-state index contributed by atoms with van der Waals surface area (Å²) in [6.45, 7) is 3.19. The first kappa shape index (κ1) is 14.1. The van der Waals surface area contributed by atoms with Crippen LogP contribution in [0.3, 0.4) is 0 Å². The van der Waals surface area contributed by atoms with Crippen LogP contribution in [0.1, 0.15) is 22.8 Å². The van der Waals surface area contributed by atoms with Crippen LogP contribution in [0.4, 0.5) is 14.5 Å². The molecule has 0 aliphatic rings. The minimum atomic E-state index is -0.712. The Bertz CT molecular complexity index is 689. The number of nitrogen functional groups attached to an aromatic ring is 1. The van der Waals surface area contributed by atoms with E-state index < -0.39 is 17.6 Å². The Morgan fingerprint density at radius 3 is 2.80 bits per heavy atom. The maximum atomic E-state index is 14.2. The third kappa shape index (κ3) is 2.16. The highest BCUT2D eigenvalue weighted by Gasteiger charge is 2.21. The molecule has 1 aromatic carbocycles. The van der Waals surface area contributed by atoms with Gasteiger partial charge in [0.15, 0.2) is 0 Å². The molecule has 0 atom stereocenters. The number of nitrogens with one attached hydrogen (secondary N) is 1. The van der Waals surface area contributed by atoms with E-state index in [1.54, 1.807) is 6.92 Å². The van der Waals surface area contributed by atoms with E-state index in [1.165, 1.54) is 6.92 Å². The van der Waals surface area contributed by atoms with Crippen LogP contribution in [-0.2, 0) is 4.74 Å². The number of halogens is 2. The minimum absolute atomic E-state index is 0.0476. The molecule has 0 radical (unpaired) electrons. The van der Waals surface area contributed by atoms with Crippen molar-refractivity contribution >= 4 is 22.6 Å². The lowest BCUT2D eigenvalue weighted by atomic mass is 10.1. The number of rotatable bonds is 3. The maximum Gasteiger partial charge on any atom is 0.341 e. The summed E-state index contributed by atoms with van der Waals surface area (Å²) in [6, 6.07) is 1.04. The Kier molecular flexibility index (Phi) is 3.80. The second kappa shape index (κ2) is 5.38. The molecule has 0 bridgehead atoms. The molecule has 0 saturated heterocycles. The summed E-state index contributed by atoms with van der Waals surface area (Å²) in [7, 11) is 0. The summed E-state index contributed by atoms with van der Waals surface area (Å²) in [4.78, 5) is 15.6. The molecular formula is C13H13F2N3O2. The van der Waals surface area contributed by atoms with Crippen LogP contribution in [0, 0.1) is 18.6 Å². The number of anilines is 1. The number of hydrogen-bond donors (Lipinski definition) is 2. The van der Waals surface area contributed by atoms with E-state index in [-0.39, 0.29) is 34.3 Å². The molecule has 106 valence electrons. The average Bonchev–Trinajstić information content (AvgIpc) is 2.43. The number of aromatic nitrogens is 1. The van der Waals surface area contributed by atoms with Gasteiger partial charge in [0.1, 0.15) is 22.7 Å². The molecule has 0 spiro atoms. The number of nitrogens with zero attached hydrogens (tertiary/aromatic N) is 1. The van der Waals surface area contributed by atoms with Gasteiger partial charge in [-0.25, -0.2) is 13.6 Å². The van der Waals surface area contributed by atoms with Crippen LogP contribution in [0.15, 0.2) is 12.3 Å². The van der Waals surface area contributed by atoms with Crippen molar-refractivity contribution in [3.8, 4) is 0 Å². The van der Waals surface area contributed by atoms with Gasteiger partial charge in [-0.2, -0.15) is 0 Å². The number of ether oxygens (including phenoxy) is 1. The van der Waals surface area contributed by atoms with Crippen LogP contribution in [0.5, 0.6) is 0 Å². The highest BCUT2D eigenvalue weighted by molar-refractivity contribution is 6.05. The normalized spacial score (nSPS) is 10.7. The summed E-state index contributed by atoms with van der Waals surface area (Å²) in [5, 5.41) is -0.171. The Morgan fingerprint density at radius 1 is 1.50 bits per heavy atom. The molecule has 5 nitrogen and oxygen atoms in total. The Labute approximate surface area is 113 Å². The van der Waals surface area contributed by atoms with E-state index in [4.69, 9.17) is 10.6 Å². The van der Waals surface area contributed by atoms with E-state index in [0.29, 0.717) is 0 Å². The fraction of sp³-hybridized carbons (Fsp3) is 0.231. The number of fused-ring (bicyclic) bond motifs is 1. The molecule has 2 aromatic rings. The zero-order chi connectivity index (χ0) is 14.9. The lowest BCUT2D eigenvalue weighted by Crippen LogP contribution is -2.16. The highest BCUT2D eigenvalue weighted by atomic mass is 19.1. The average molecular weight is 281 g/mol. The van der Waals surface area contributed by atoms with Crippen molar-refractivity contribution in [3.05, 3.63) is 35.0 Å². The van der Waals surface area contributed by atoms with Gasteiger partial charge in [0.2, 0.25) is 0 Å². The molecular weight excluding hydrogens is 268 g/mol. The molecule has 2 rings (SSSR count). The van der Waals surface area contributed by atoms with Gasteiger partial charge < -0.3 is 10.2 Å². The zero-order valence-electron chi connectivity index (χ0n) is 11.0. The van der Waals surface area contributed by atoms with Crippen molar-refractivity contribution < 1.29 is 18.3 Å². The molecule has 0 fully saturated rings.